The highest BCUT2D eigenvalue weighted by molar-refractivity contribution is 9.10. The summed E-state index contributed by atoms with van der Waals surface area (Å²) in [5.74, 6) is -9.16. The maximum atomic E-state index is 14.7. The summed E-state index contributed by atoms with van der Waals surface area (Å²) in [7, 11) is 4.11. The number of hydrogen-bond acceptors (Lipinski definition) is 11. The van der Waals surface area contributed by atoms with Crippen molar-refractivity contribution in [3.8, 4) is 11.5 Å². The molecule has 2 aliphatic heterocycles. The average molecular weight is 827 g/mol. The molecule has 0 bridgehead atoms. The molecule has 2 aliphatic carbocycles. The highest BCUT2D eigenvalue weighted by atomic mass is 79.9. The second kappa shape index (κ2) is 12.9. The molecule has 0 unspecified atom stereocenters. The SMILES string of the molecule is COc1cc(Br)cc([C@H]2C3=CC[C@@H]4C(=O)N(c5cc([N+](=O)[O-])c(N(C)C)c([N+](=O)[O-])c5)C(=O)[C@@H]4[C@@H]3C[C@H]3C(=O)N(c4ccc(F)c(Cl)c4)C(=O)[C@@]23C)c1O. The van der Waals surface area contributed by atoms with Crippen molar-refractivity contribution in [1.82, 2.24) is 0 Å². The van der Waals surface area contributed by atoms with Crippen LogP contribution < -0.4 is 19.4 Å². The molecule has 1 saturated carbocycles. The van der Waals surface area contributed by atoms with E-state index in [0.717, 1.165) is 34.1 Å². The fourth-order valence-corrected chi connectivity index (χ4v) is 9.54. The minimum absolute atomic E-state index is 0.0132. The summed E-state index contributed by atoms with van der Waals surface area (Å²) in [6.07, 6.45) is 1.59. The molecule has 1 N–H and O–H groups in total. The van der Waals surface area contributed by atoms with Crippen LogP contribution in [-0.2, 0) is 19.2 Å². The third kappa shape index (κ3) is 5.19. The summed E-state index contributed by atoms with van der Waals surface area (Å²) >= 11 is 9.51. The fraction of sp³-hybridized carbons (Fsp3) is 0.333. The maximum Gasteiger partial charge on any atom is 0.301 e. The molecule has 0 radical (unpaired) electrons. The number of halogens is 3. The summed E-state index contributed by atoms with van der Waals surface area (Å²) in [5.41, 5.74) is -2.96. The maximum absolute atomic E-state index is 14.7. The number of phenolic OH excluding ortho intramolecular Hbond substituents is 1. The number of carbonyl (C=O) groups is 4. The van der Waals surface area contributed by atoms with Crippen molar-refractivity contribution in [3.05, 3.63) is 95.2 Å². The zero-order valence-corrected chi connectivity index (χ0v) is 31.3. The molecule has 4 amide bonds. The summed E-state index contributed by atoms with van der Waals surface area (Å²) in [4.78, 5) is 83.3. The minimum Gasteiger partial charge on any atom is -0.504 e. The van der Waals surface area contributed by atoms with Crippen molar-refractivity contribution in [2.75, 3.05) is 35.9 Å². The van der Waals surface area contributed by atoms with Gasteiger partial charge >= 0.3 is 11.4 Å². The van der Waals surface area contributed by atoms with Crippen molar-refractivity contribution < 1.29 is 43.3 Å². The van der Waals surface area contributed by atoms with Gasteiger partial charge in [0.05, 0.1) is 56.5 Å². The standard InChI is InChI=1S/C36H30BrClFN5O10/c1-36-22(33(47)42(35(36)49)16-5-8-24(39)23(38)11-16)14-20-18(29(36)21-9-15(37)10-27(54-4)31(21)45)6-7-19-28(20)34(48)41(32(19)46)17-12-25(43(50)51)30(40(2)3)26(13-17)44(52)53/h5-6,8-13,19-20,22,28-29,45H,7,14H2,1-4H3/t19-,20+,22-,28-,29+,36+/m0/s1. The van der Waals surface area contributed by atoms with Gasteiger partial charge in [0.25, 0.3) is 0 Å². The number of imide groups is 2. The lowest BCUT2D eigenvalue weighted by Crippen LogP contribution is -2.49. The topological polar surface area (TPSA) is 194 Å². The van der Waals surface area contributed by atoms with Gasteiger partial charge in [-0.05, 0) is 56.0 Å². The van der Waals surface area contributed by atoms with Crippen LogP contribution in [0.2, 0.25) is 5.02 Å². The van der Waals surface area contributed by atoms with E-state index in [0.29, 0.717) is 10.0 Å². The monoisotopic (exact) mass is 825 g/mol. The molecule has 0 spiro atoms. The van der Waals surface area contributed by atoms with Crippen LogP contribution in [0.25, 0.3) is 0 Å². The van der Waals surface area contributed by atoms with E-state index >= 15 is 0 Å². The van der Waals surface area contributed by atoms with Gasteiger partial charge in [0, 0.05) is 42.2 Å². The molecule has 15 nitrogen and oxygen atoms in total. The number of rotatable bonds is 7. The van der Waals surface area contributed by atoms with Crippen LogP contribution in [0.5, 0.6) is 11.5 Å². The van der Waals surface area contributed by atoms with Gasteiger partial charge in [0.2, 0.25) is 23.6 Å². The van der Waals surface area contributed by atoms with E-state index in [4.69, 9.17) is 16.3 Å². The predicted octanol–water partition coefficient (Wildman–Crippen LogP) is 6.27. The number of aromatic hydroxyl groups is 1. The number of nitrogens with zero attached hydrogens (tertiary/aromatic N) is 5. The molecule has 7 rings (SSSR count). The molecule has 2 saturated heterocycles. The van der Waals surface area contributed by atoms with Gasteiger partial charge in [-0.25, -0.2) is 14.2 Å². The number of nitro benzene ring substituents is 2. The number of allylic oxidation sites excluding steroid dienone is 2. The number of nitro groups is 2. The molecule has 6 atom stereocenters. The van der Waals surface area contributed by atoms with Crippen LogP contribution >= 0.6 is 27.5 Å². The average Bonchev–Trinajstić information content (AvgIpc) is 3.49. The summed E-state index contributed by atoms with van der Waals surface area (Å²) in [6, 6.07) is 8.40. The number of phenols is 1. The zero-order chi connectivity index (χ0) is 39.3. The predicted molar refractivity (Wildman–Crippen MR) is 195 cm³/mol. The lowest BCUT2D eigenvalue weighted by atomic mass is 9.51. The number of amides is 4. The fourth-order valence-electron chi connectivity index (χ4n) is 8.91. The zero-order valence-electron chi connectivity index (χ0n) is 28.9. The summed E-state index contributed by atoms with van der Waals surface area (Å²) in [6.45, 7) is 1.59. The highest BCUT2D eigenvalue weighted by Gasteiger charge is 2.68. The van der Waals surface area contributed by atoms with Crippen LogP contribution in [0.4, 0.5) is 32.8 Å². The first kappa shape index (κ1) is 36.9. The molecular weight excluding hydrogens is 797 g/mol. The van der Waals surface area contributed by atoms with Gasteiger partial charge in [-0.3, -0.25) is 39.4 Å². The van der Waals surface area contributed by atoms with E-state index in [2.05, 4.69) is 15.9 Å². The first-order valence-corrected chi connectivity index (χ1v) is 17.7. The number of hydrogen-bond donors (Lipinski definition) is 1. The van der Waals surface area contributed by atoms with Crippen molar-refractivity contribution in [2.45, 2.75) is 25.7 Å². The Morgan fingerprint density at radius 3 is 2.19 bits per heavy atom. The van der Waals surface area contributed by atoms with Gasteiger partial charge in [-0.2, -0.15) is 0 Å². The third-order valence-electron chi connectivity index (χ3n) is 11.2. The Hall–Kier alpha value is -5.42. The third-order valence-corrected chi connectivity index (χ3v) is 11.9. The van der Waals surface area contributed by atoms with E-state index in [1.54, 1.807) is 19.1 Å². The number of ether oxygens (including phenoxy) is 1. The Balaban J connectivity index is 1.39. The minimum atomic E-state index is -1.59. The Morgan fingerprint density at radius 1 is 0.963 bits per heavy atom. The Bertz CT molecular complexity index is 2250. The molecule has 54 heavy (non-hydrogen) atoms. The lowest BCUT2D eigenvalue weighted by Gasteiger charge is -2.49. The highest BCUT2D eigenvalue weighted by Crippen LogP contribution is 2.65. The van der Waals surface area contributed by atoms with E-state index in [1.165, 1.54) is 38.2 Å². The number of benzene rings is 3. The largest absolute Gasteiger partial charge is 0.504 e. The first-order chi connectivity index (χ1) is 25.4. The summed E-state index contributed by atoms with van der Waals surface area (Å²) in [5, 5.41) is 35.5. The summed E-state index contributed by atoms with van der Waals surface area (Å²) < 4.78 is 20.1. The molecule has 18 heteroatoms. The van der Waals surface area contributed by atoms with Crippen LogP contribution in [0.15, 0.2) is 58.6 Å². The number of methoxy groups -OCH3 is 1. The van der Waals surface area contributed by atoms with Gasteiger partial charge in [-0.1, -0.05) is 39.2 Å². The van der Waals surface area contributed by atoms with Gasteiger partial charge in [0.1, 0.15) is 5.82 Å². The van der Waals surface area contributed by atoms with Crippen LogP contribution in [0.1, 0.15) is 31.2 Å². The van der Waals surface area contributed by atoms with Crippen LogP contribution in [-0.4, -0.2) is 59.8 Å². The molecular formula is C36H30BrClFN5O10. The quantitative estimate of drug-likeness (QED) is 0.122. The van der Waals surface area contributed by atoms with Gasteiger partial charge in [-0.15, -0.1) is 0 Å². The number of anilines is 3. The smallest absolute Gasteiger partial charge is 0.301 e. The van der Waals surface area contributed by atoms with Crippen molar-refractivity contribution >= 4 is 79.6 Å². The number of fused-ring (bicyclic) bond motifs is 4. The molecule has 3 aromatic rings. The van der Waals surface area contributed by atoms with E-state index in [9.17, 15) is 48.9 Å². The Morgan fingerprint density at radius 2 is 1.61 bits per heavy atom. The van der Waals surface area contributed by atoms with Gasteiger partial charge in [0.15, 0.2) is 17.2 Å². The lowest BCUT2D eigenvalue weighted by molar-refractivity contribution is -0.392. The van der Waals surface area contributed by atoms with Crippen LogP contribution in [0, 0.1) is 55.1 Å². The number of carbonyl (C=O) groups excluding carboxylic acids is 4. The second-order valence-corrected chi connectivity index (χ2v) is 15.4. The van der Waals surface area contributed by atoms with Gasteiger partial charge < -0.3 is 14.7 Å². The van der Waals surface area contributed by atoms with E-state index in [1.807, 2.05) is 0 Å². The Labute approximate surface area is 319 Å². The molecule has 3 fully saturated rings. The first-order valence-electron chi connectivity index (χ1n) is 16.6. The molecule has 4 aliphatic rings. The molecule has 3 aromatic carbocycles. The molecule has 2 heterocycles. The second-order valence-electron chi connectivity index (χ2n) is 14.1. The van der Waals surface area contributed by atoms with Crippen molar-refractivity contribution in [3.63, 3.8) is 0 Å². The van der Waals surface area contributed by atoms with Crippen molar-refractivity contribution in [1.29, 1.82) is 0 Å². The van der Waals surface area contributed by atoms with Crippen LogP contribution in [0.3, 0.4) is 0 Å². The molecule has 280 valence electrons. The molecule has 0 aromatic heterocycles. The normalized spacial score (nSPS) is 26.0. The van der Waals surface area contributed by atoms with E-state index in [-0.39, 0.29) is 52.0 Å². The Kier molecular flexibility index (Phi) is 8.80. The van der Waals surface area contributed by atoms with E-state index < -0.39 is 85.7 Å². The van der Waals surface area contributed by atoms with Crippen molar-refractivity contribution in [2.24, 2.45) is 29.1 Å².